The van der Waals surface area contributed by atoms with Gasteiger partial charge in [0.05, 0.1) is 24.0 Å². The van der Waals surface area contributed by atoms with Gasteiger partial charge in [-0.1, -0.05) is 159 Å². The van der Waals surface area contributed by atoms with Crippen LogP contribution in [-0.4, -0.2) is 136 Å². The number of carbonyl (C=O) groups is 4. The Balaban J connectivity index is 0.000000440. The van der Waals surface area contributed by atoms with Crippen molar-refractivity contribution in [1.82, 2.24) is 51.0 Å². The standard InChI is InChI=1S/2C24H29N5O3.CH4.Ba.Pd/c2*1-4-5-10-21(30)29(22(16(2)3)24(31)32)15-17-11-13-18(14-12-17)19-8-6-7-9-20(19)23-25-27-28-26-23;;;/h2*6-9,11-14,16,22H,4-5,10,15H2,1-3H3,(H,31,32)(H,25,26,27,28);1H4;;/q;;;+2;/p-2/t2*22-;;;/m00.../s1. The number of tetrazole rings is 2. The number of hydrogen-bond donors (Lipinski definition) is 2. The van der Waals surface area contributed by atoms with Gasteiger partial charge < -0.3 is 29.6 Å². The van der Waals surface area contributed by atoms with Crippen LogP contribution in [-0.2, 0) is 52.7 Å². The van der Waals surface area contributed by atoms with E-state index in [1.54, 1.807) is 27.7 Å². The third-order valence-corrected chi connectivity index (χ3v) is 10.8. The predicted octanol–water partition coefficient (Wildman–Crippen LogP) is 5.91. The minimum atomic E-state index is -1.23. The molecule has 354 valence electrons. The second-order valence-corrected chi connectivity index (χ2v) is 16.2. The molecule has 18 heteroatoms. The molecule has 0 aliphatic carbocycles. The van der Waals surface area contributed by atoms with E-state index in [-0.39, 0.29) is 113 Å². The molecule has 2 heterocycles. The zero-order chi connectivity index (χ0) is 46.2. The summed E-state index contributed by atoms with van der Waals surface area (Å²) in [6, 6.07) is 29.0. The molecule has 2 N–H and O–H groups in total. The Morgan fingerprint density at radius 2 is 0.881 bits per heavy atom. The molecule has 2 atom stereocenters. The Labute approximate surface area is 447 Å². The number of nitrogens with one attached hydrogen (secondary N) is 2. The molecule has 16 nitrogen and oxygen atoms in total. The topological polar surface area (TPSA) is 230 Å². The van der Waals surface area contributed by atoms with Crippen LogP contribution in [0.2, 0.25) is 0 Å². The van der Waals surface area contributed by atoms with Crippen molar-refractivity contribution in [3.63, 3.8) is 0 Å². The number of nitrogens with zero attached hydrogens (tertiary/aromatic N) is 8. The molecule has 0 aliphatic rings. The van der Waals surface area contributed by atoms with Crippen molar-refractivity contribution in [1.29, 1.82) is 0 Å². The van der Waals surface area contributed by atoms with Gasteiger partial charge in [0, 0.05) is 57.5 Å². The SMILES string of the molecule is C.CCCCC(=O)N(Cc1ccc(-c2ccccc2-c2nn[nH]n2)cc1)[C@H](C(=O)[O-])C(C)C.CCCCC(=O)N(Cc1ccc(-c2ccccc2-c2nn[nH]n2)cc1)[C@H](C(=O)[O-])C(C)C.[Ba+2].[Pd]. The van der Waals surface area contributed by atoms with E-state index in [9.17, 15) is 29.4 Å². The molecule has 6 rings (SSSR count). The molecule has 0 bridgehead atoms. The molecule has 67 heavy (non-hydrogen) atoms. The quantitative estimate of drug-likeness (QED) is 0.0851. The first-order valence-corrected chi connectivity index (χ1v) is 21.7. The summed E-state index contributed by atoms with van der Waals surface area (Å²) in [6.07, 6.45) is 3.82. The number of carboxylic acid groups (broad SMARTS) is 2. The molecule has 6 aromatic rings. The van der Waals surface area contributed by atoms with Crippen LogP contribution in [0.15, 0.2) is 97.1 Å². The number of H-pyrrole nitrogens is 2. The number of aromatic nitrogens is 8. The summed E-state index contributed by atoms with van der Waals surface area (Å²) in [5, 5.41) is 52.1. The Morgan fingerprint density at radius 3 is 1.15 bits per heavy atom. The summed E-state index contributed by atoms with van der Waals surface area (Å²) in [6.45, 7) is 11.6. The van der Waals surface area contributed by atoms with Crippen LogP contribution < -0.4 is 10.2 Å². The molecule has 0 radical (unpaired) electrons. The van der Waals surface area contributed by atoms with Crippen molar-refractivity contribution in [2.24, 2.45) is 11.8 Å². The van der Waals surface area contributed by atoms with Crippen molar-refractivity contribution in [2.75, 3.05) is 0 Å². The van der Waals surface area contributed by atoms with Crippen LogP contribution >= 0.6 is 0 Å². The van der Waals surface area contributed by atoms with Gasteiger partial charge in [-0.25, -0.2) is 0 Å². The number of aromatic amines is 2. The van der Waals surface area contributed by atoms with Crippen LogP contribution in [0.4, 0.5) is 0 Å². The Hall–Kier alpha value is -4.87. The van der Waals surface area contributed by atoms with Gasteiger partial charge in [-0.05, 0) is 68.5 Å². The van der Waals surface area contributed by atoms with E-state index in [1.165, 1.54) is 9.80 Å². The molecule has 0 saturated heterocycles. The fraction of sp³-hybridized carbons (Fsp3) is 0.388. The summed E-state index contributed by atoms with van der Waals surface area (Å²) >= 11 is 0. The maximum atomic E-state index is 12.8. The first kappa shape index (κ1) is 58.3. The van der Waals surface area contributed by atoms with Crippen molar-refractivity contribution in [3.8, 4) is 45.0 Å². The largest absolute Gasteiger partial charge is 2.00 e. The molecule has 0 unspecified atom stereocenters. The van der Waals surface area contributed by atoms with E-state index in [0.29, 0.717) is 24.5 Å². The number of carbonyl (C=O) groups excluding carboxylic acids is 4. The maximum Gasteiger partial charge on any atom is 2.00 e. The Bertz CT molecular complexity index is 2250. The number of benzene rings is 4. The van der Waals surface area contributed by atoms with Crippen LogP contribution in [0.5, 0.6) is 0 Å². The summed E-state index contributed by atoms with van der Waals surface area (Å²) in [5.74, 6) is -2.29. The average molecular weight is 1130 g/mol. The average Bonchev–Trinajstić information content (AvgIpc) is 4.04. The van der Waals surface area contributed by atoms with Gasteiger partial charge in [0.1, 0.15) is 0 Å². The van der Waals surface area contributed by atoms with Gasteiger partial charge in [0.2, 0.25) is 23.5 Å². The van der Waals surface area contributed by atoms with Gasteiger partial charge in [-0.15, -0.1) is 20.4 Å². The first-order chi connectivity index (χ1) is 30.8. The summed E-state index contributed by atoms with van der Waals surface area (Å²) in [7, 11) is 0. The molecule has 0 aliphatic heterocycles. The number of carboxylic acids is 2. The van der Waals surface area contributed by atoms with E-state index < -0.39 is 24.0 Å². The van der Waals surface area contributed by atoms with Crippen LogP contribution in [0, 0.1) is 11.8 Å². The van der Waals surface area contributed by atoms with Crippen LogP contribution in [0.25, 0.3) is 45.0 Å². The third kappa shape index (κ3) is 16.1. The number of aliphatic carboxylic acids is 2. The minimum Gasteiger partial charge on any atom is -0.548 e. The van der Waals surface area contributed by atoms with E-state index in [1.807, 2.05) is 111 Å². The van der Waals surface area contributed by atoms with E-state index >= 15 is 0 Å². The maximum absolute atomic E-state index is 12.8. The van der Waals surface area contributed by atoms with Gasteiger partial charge in [0.25, 0.3) is 0 Å². The zero-order valence-corrected chi connectivity index (χ0v) is 44.2. The third-order valence-electron chi connectivity index (χ3n) is 10.8. The second kappa shape index (κ2) is 29.1. The first-order valence-electron chi connectivity index (χ1n) is 21.7. The number of amides is 2. The normalized spacial score (nSPS) is 11.5. The predicted molar refractivity (Wildman–Crippen MR) is 250 cm³/mol. The molecule has 0 fully saturated rings. The second-order valence-electron chi connectivity index (χ2n) is 16.2. The molecule has 2 amide bonds. The summed E-state index contributed by atoms with van der Waals surface area (Å²) < 4.78 is 0. The van der Waals surface area contributed by atoms with Crippen molar-refractivity contribution in [2.45, 2.75) is 113 Å². The van der Waals surface area contributed by atoms with E-state index in [4.69, 9.17) is 0 Å². The summed E-state index contributed by atoms with van der Waals surface area (Å²) in [4.78, 5) is 52.2. The molecule has 2 aromatic heterocycles. The minimum absolute atomic E-state index is 0. The molecule has 0 saturated carbocycles. The smallest absolute Gasteiger partial charge is 0.548 e. The number of rotatable bonds is 20. The Morgan fingerprint density at radius 1 is 0.552 bits per heavy atom. The van der Waals surface area contributed by atoms with E-state index in [2.05, 4.69) is 41.2 Å². The van der Waals surface area contributed by atoms with E-state index in [0.717, 1.165) is 70.2 Å². The van der Waals surface area contributed by atoms with Gasteiger partial charge in [-0.2, -0.15) is 10.4 Å². The zero-order valence-electron chi connectivity index (χ0n) is 38.3. The summed E-state index contributed by atoms with van der Waals surface area (Å²) in [5.41, 5.74) is 7.21. The van der Waals surface area contributed by atoms with Crippen molar-refractivity contribution >= 4 is 72.6 Å². The molecule has 4 aromatic carbocycles. The molecular weight excluding hydrogens is 1070 g/mol. The van der Waals surface area contributed by atoms with Crippen LogP contribution in [0.1, 0.15) is 98.6 Å². The van der Waals surface area contributed by atoms with Crippen LogP contribution in [0.3, 0.4) is 0 Å². The van der Waals surface area contributed by atoms with Gasteiger partial charge in [-0.3, -0.25) is 9.59 Å². The van der Waals surface area contributed by atoms with Gasteiger partial charge in [0.15, 0.2) is 0 Å². The fourth-order valence-corrected chi connectivity index (χ4v) is 7.53. The van der Waals surface area contributed by atoms with Crippen molar-refractivity contribution < 1.29 is 49.8 Å². The number of unbranched alkanes of at least 4 members (excludes halogenated alkanes) is 2. The van der Waals surface area contributed by atoms with Crippen molar-refractivity contribution in [3.05, 3.63) is 108 Å². The molecular formula is C49H60BaN10O6Pd. The number of hydrogen-bond acceptors (Lipinski definition) is 12. The van der Waals surface area contributed by atoms with Gasteiger partial charge >= 0.3 is 48.9 Å². The molecule has 0 spiro atoms. The monoisotopic (exact) mass is 1130 g/mol. The Kier molecular flexibility index (Phi) is 25.3. The fourth-order valence-electron chi connectivity index (χ4n) is 7.53.